The van der Waals surface area contributed by atoms with Crippen molar-refractivity contribution >= 4 is 0 Å². The Morgan fingerprint density at radius 3 is 2.60 bits per heavy atom. The Kier molecular flexibility index (Phi) is 8.42. The molecule has 1 heterocycles. The normalized spacial score (nSPS) is 15.7. The fraction of sp³-hybridized carbons (Fsp3) is 0.478. The lowest BCUT2D eigenvalue weighted by atomic mass is 10.1. The summed E-state index contributed by atoms with van der Waals surface area (Å²) >= 11 is 0. The van der Waals surface area contributed by atoms with Crippen molar-refractivity contribution in [2.75, 3.05) is 33.4 Å². The van der Waals surface area contributed by atoms with Crippen LogP contribution in [-0.2, 0) is 13.1 Å². The standard InChI is InChI=1S/C23H30F2N2O3/c1-29-22-8-5-17(13-26-14-18-12-19(24)6-7-21(18)25)11-23(22)30-16-20(28)15-27-9-3-2-4-10-27/h5-8,11-12,20,26,28H,2-4,9-10,13-16H2,1H3/t20-/m1/s1. The molecule has 1 saturated heterocycles. The molecule has 2 N–H and O–H groups in total. The summed E-state index contributed by atoms with van der Waals surface area (Å²) in [7, 11) is 1.57. The highest BCUT2D eigenvalue weighted by Crippen LogP contribution is 2.28. The summed E-state index contributed by atoms with van der Waals surface area (Å²) in [5.74, 6) is 0.230. The Morgan fingerprint density at radius 1 is 1.03 bits per heavy atom. The fourth-order valence-corrected chi connectivity index (χ4v) is 3.64. The maximum Gasteiger partial charge on any atom is 0.161 e. The monoisotopic (exact) mass is 420 g/mol. The van der Waals surface area contributed by atoms with Crippen LogP contribution < -0.4 is 14.8 Å². The molecule has 5 nitrogen and oxygen atoms in total. The van der Waals surface area contributed by atoms with Gasteiger partial charge in [-0.3, -0.25) is 0 Å². The van der Waals surface area contributed by atoms with E-state index in [1.165, 1.54) is 25.3 Å². The van der Waals surface area contributed by atoms with E-state index in [0.29, 0.717) is 24.6 Å². The van der Waals surface area contributed by atoms with Gasteiger partial charge in [0.25, 0.3) is 0 Å². The van der Waals surface area contributed by atoms with Crippen molar-refractivity contribution in [3.8, 4) is 11.5 Å². The summed E-state index contributed by atoms with van der Waals surface area (Å²) in [6, 6.07) is 8.93. The molecule has 30 heavy (non-hydrogen) atoms. The van der Waals surface area contributed by atoms with E-state index in [1.54, 1.807) is 13.2 Å². The first-order chi connectivity index (χ1) is 14.5. The summed E-state index contributed by atoms with van der Waals surface area (Å²) in [6.07, 6.45) is 3.03. The van der Waals surface area contributed by atoms with Gasteiger partial charge in [-0.25, -0.2) is 8.78 Å². The number of methoxy groups -OCH3 is 1. The van der Waals surface area contributed by atoms with Crippen LogP contribution in [0.1, 0.15) is 30.4 Å². The molecule has 1 atom stereocenters. The first kappa shape index (κ1) is 22.5. The molecule has 0 spiro atoms. The average Bonchev–Trinajstić information content (AvgIpc) is 2.75. The predicted molar refractivity (Wildman–Crippen MR) is 112 cm³/mol. The van der Waals surface area contributed by atoms with Crippen molar-refractivity contribution in [2.24, 2.45) is 0 Å². The van der Waals surface area contributed by atoms with Gasteiger partial charge in [0, 0.05) is 25.2 Å². The molecule has 0 aliphatic carbocycles. The third kappa shape index (κ3) is 6.65. The zero-order chi connectivity index (χ0) is 21.3. The number of piperidine rings is 1. The number of hydrogen-bond acceptors (Lipinski definition) is 5. The number of rotatable bonds is 10. The molecule has 0 radical (unpaired) electrons. The minimum atomic E-state index is -0.578. The number of hydrogen-bond donors (Lipinski definition) is 2. The molecule has 1 fully saturated rings. The van der Waals surface area contributed by atoms with Crippen LogP contribution in [-0.4, -0.2) is 49.5 Å². The van der Waals surface area contributed by atoms with Gasteiger partial charge in [0.2, 0.25) is 0 Å². The number of benzene rings is 2. The number of halogens is 2. The van der Waals surface area contributed by atoms with Crippen LogP contribution in [0.5, 0.6) is 11.5 Å². The lowest BCUT2D eigenvalue weighted by Crippen LogP contribution is -2.38. The van der Waals surface area contributed by atoms with Crippen molar-refractivity contribution in [1.29, 1.82) is 0 Å². The second kappa shape index (κ2) is 11.2. The molecule has 1 aliphatic heterocycles. The molecular formula is C23H30F2N2O3. The topological polar surface area (TPSA) is 54.0 Å². The third-order valence-electron chi connectivity index (χ3n) is 5.23. The SMILES string of the molecule is COc1ccc(CNCc2cc(F)ccc2F)cc1OC[C@H](O)CN1CCCCC1. The van der Waals surface area contributed by atoms with Gasteiger partial charge in [-0.1, -0.05) is 12.5 Å². The maximum absolute atomic E-state index is 13.7. The predicted octanol–water partition coefficient (Wildman–Crippen LogP) is 3.49. The summed E-state index contributed by atoms with van der Waals surface area (Å²) in [5.41, 5.74) is 1.19. The quantitative estimate of drug-likeness (QED) is 0.616. The van der Waals surface area contributed by atoms with Gasteiger partial charge in [0.05, 0.1) is 7.11 Å². The summed E-state index contributed by atoms with van der Waals surface area (Å²) in [6.45, 7) is 3.48. The van der Waals surface area contributed by atoms with E-state index in [0.717, 1.165) is 30.8 Å². The van der Waals surface area contributed by atoms with E-state index < -0.39 is 17.7 Å². The molecule has 1 aliphatic rings. The molecule has 0 aromatic heterocycles. The second-order valence-electron chi connectivity index (χ2n) is 7.65. The fourth-order valence-electron chi connectivity index (χ4n) is 3.64. The highest BCUT2D eigenvalue weighted by Gasteiger charge is 2.16. The molecular weight excluding hydrogens is 390 g/mol. The Labute approximate surface area is 176 Å². The minimum absolute atomic E-state index is 0.179. The van der Waals surface area contributed by atoms with Crippen LogP contribution in [0.25, 0.3) is 0 Å². The van der Waals surface area contributed by atoms with E-state index in [4.69, 9.17) is 9.47 Å². The summed E-state index contributed by atoms with van der Waals surface area (Å²) in [5, 5.41) is 13.4. The van der Waals surface area contributed by atoms with Crippen molar-refractivity contribution in [1.82, 2.24) is 10.2 Å². The van der Waals surface area contributed by atoms with E-state index in [9.17, 15) is 13.9 Å². The van der Waals surface area contributed by atoms with Gasteiger partial charge < -0.3 is 24.8 Å². The smallest absolute Gasteiger partial charge is 0.161 e. The van der Waals surface area contributed by atoms with Crippen LogP contribution in [0.15, 0.2) is 36.4 Å². The molecule has 2 aromatic rings. The summed E-state index contributed by atoms with van der Waals surface area (Å²) < 4.78 is 38.2. The first-order valence-corrected chi connectivity index (χ1v) is 10.4. The van der Waals surface area contributed by atoms with Crippen molar-refractivity contribution in [3.63, 3.8) is 0 Å². The number of ether oxygens (including phenoxy) is 2. The molecule has 7 heteroatoms. The average molecular weight is 421 g/mol. The summed E-state index contributed by atoms with van der Waals surface area (Å²) in [4.78, 5) is 2.26. The van der Waals surface area contributed by atoms with Gasteiger partial charge in [0.15, 0.2) is 11.5 Å². The van der Waals surface area contributed by atoms with E-state index in [-0.39, 0.29) is 18.7 Å². The Bertz CT molecular complexity index is 813. The van der Waals surface area contributed by atoms with Gasteiger partial charge in [0.1, 0.15) is 24.3 Å². The van der Waals surface area contributed by atoms with Crippen LogP contribution in [0.4, 0.5) is 8.78 Å². The molecule has 0 saturated carbocycles. The Balaban J connectivity index is 1.53. The number of nitrogens with one attached hydrogen (secondary N) is 1. The molecule has 0 unspecified atom stereocenters. The van der Waals surface area contributed by atoms with Crippen LogP contribution in [0.3, 0.4) is 0 Å². The number of aliphatic hydroxyl groups excluding tert-OH is 1. The Morgan fingerprint density at radius 2 is 1.83 bits per heavy atom. The number of β-amino-alcohol motifs (C(OH)–C–C–N with tert-alkyl or cyclic N) is 1. The van der Waals surface area contributed by atoms with Crippen LogP contribution in [0.2, 0.25) is 0 Å². The highest BCUT2D eigenvalue weighted by molar-refractivity contribution is 5.43. The molecule has 164 valence electrons. The van der Waals surface area contributed by atoms with Crippen LogP contribution >= 0.6 is 0 Å². The minimum Gasteiger partial charge on any atom is -0.493 e. The first-order valence-electron chi connectivity index (χ1n) is 10.4. The lowest BCUT2D eigenvalue weighted by Gasteiger charge is -2.28. The van der Waals surface area contributed by atoms with Crippen molar-refractivity contribution in [2.45, 2.75) is 38.5 Å². The zero-order valence-electron chi connectivity index (χ0n) is 17.4. The van der Waals surface area contributed by atoms with Gasteiger partial charge in [-0.05, 0) is 61.8 Å². The zero-order valence-corrected chi connectivity index (χ0v) is 17.4. The molecule has 0 amide bonds. The highest BCUT2D eigenvalue weighted by atomic mass is 19.1. The largest absolute Gasteiger partial charge is 0.493 e. The van der Waals surface area contributed by atoms with Gasteiger partial charge in [-0.2, -0.15) is 0 Å². The molecule has 2 aromatic carbocycles. The molecule has 0 bridgehead atoms. The van der Waals surface area contributed by atoms with Gasteiger partial charge in [-0.15, -0.1) is 0 Å². The van der Waals surface area contributed by atoms with Crippen LogP contribution in [0, 0.1) is 11.6 Å². The van der Waals surface area contributed by atoms with Crippen molar-refractivity contribution in [3.05, 3.63) is 59.2 Å². The second-order valence-corrected chi connectivity index (χ2v) is 7.65. The van der Waals surface area contributed by atoms with E-state index in [1.807, 2.05) is 12.1 Å². The number of aliphatic hydroxyl groups is 1. The number of likely N-dealkylation sites (tertiary alicyclic amines) is 1. The lowest BCUT2D eigenvalue weighted by molar-refractivity contribution is 0.0608. The van der Waals surface area contributed by atoms with E-state index in [2.05, 4.69) is 10.2 Å². The third-order valence-corrected chi connectivity index (χ3v) is 5.23. The van der Waals surface area contributed by atoms with Crippen molar-refractivity contribution < 1.29 is 23.4 Å². The van der Waals surface area contributed by atoms with Gasteiger partial charge >= 0.3 is 0 Å². The molecule has 3 rings (SSSR count). The Hall–Kier alpha value is -2.22. The maximum atomic E-state index is 13.7. The van der Waals surface area contributed by atoms with E-state index >= 15 is 0 Å². The number of nitrogens with zero attached hydrogens (tertiary/aromatic N) is 1.